The number of carbonyl (C=O) groups is 1. The Balaban J connectivity index is 1.93. The zero-order valence-electron chi connectivity index (χ0n) is 21.1. The van der Waals surface area contributed by atoms with Crippen LogP contribution in [0, 0.1) is 4.77 Å². The second-order valence-corrected chi connectivity index (χ2v) is 8.08. The fourth-order valence-corrected chi connectivity index (χ4v) is 4.20. The van der Waals surface area contributed by atoms with E-state index < -0.39 is 0 Å². The highest BCUT2D eigenvalue weighted by atomic mass is 32.1. The number of para-hydroxylation sites is 1. The fourth-order valence-electron chi connectivity index (χ4n) is 3.96. The molecule has 188 valence electrons. The van der Waals surface area contributed by atoms with E-state index in [2.05, 4.69) is 47.6 Å². The maximum absolute atomic E-state index is 13.2. The summed E-state index contributed by atoms with van der Waals surface area (Å²) in [6, 6.07) is 9.59. The Morgan fingerprint density at radius 3 is 2.06 bits per heavy atom. The maximum atomic E-state index is 13.2. The molecule has 9 heteroatoms. The molecule has 0 unspecified atom stereocenters. The number of hydrogen-bond acceptors (Lipinski definition) is 6. The first-order chi connectivity index (χ1) is 17.0. The van der Waals surface area contributed by atoms with E-state index >= 15 is 0 Å². The second kappa shape index (κ2) is 12.4. The molecule has 0 aliphatic heterocycles. The van der Waals surface area contributed by atoms with E-state index in [1.54, 1.807) is 12.1 Å². The van der Waals surface area contributed by atoms with Gasteiger partial charge in [-0.1, -0.05) is 32.0 Å². The predicted molar refractivity (Wildman–Crippen MR) is 139 cm³/mol. The minimum atomic E-state index is -0.282. The molecule has 3 rings (SSSR count). The Morgan fingerprint density at radius 1 is 0.971 bits per heavy atom. The molecule has 0 atom stereocenters. The minimum Gasteiger partial charge on any atom is -0.490 e. The number of nitrogens with one attached hydrogen (secondary N) is 2. The smallest absolute Gasteiger partial charge is 0.251 e. The number of hydrogen-bond donors (Lipinski definition) is 2. The second-order valence-electron chi connectivity index (χ2n) is 7.70. The van der Waals surface area contributed by atoms with Gasteiger partial charge >= 0.3 is 0 Å². The lowest BCUT2D eigenvalue weighted by Gasteiger charge is -2.17. The van der Waals surface area contributed by atoms with Crippen molar-refractivity contribution >= 4 is 18.1 Å². The molecular formula is C26H34N4O4S. The van der Waals surface area contributed by atoms with E-state index in [1.165, 1.54) is 11.1 Å². The van der Waals surface area contributed by atoms with Crippen molar-refractivity contribution in [1.82, 2.24) is 20.1 Å². The molecule has 1 heterocycles. The highest BCUT2D eigenvalue weighted by molar-refractivity contribution is 7.71. The van der Waals surface area contributed by atoms with E-state index in [1.807, 2.05) is 25.3 Å². The van der Waals surface area contributed by atoms with Crippen LogP contribution in [-0.2, 0) is 19.4 Å². The largest absolute Gasteiger partial charge is 0.490 e. The average molecular weight is 499 g/mol. The molecule has 0 radical (unpaired) electrons. The number of carbonyl (C=O) groups excluding carboxylic acids is 1. The van der Waals surface area contributed by atoms with Gasteiger partial charge in [0.25, 0.3) is 5.91 Å². The molecule has 0 spiro atoms. The van der Waals surface area contributed by atoms with Gasteiger partial charge in [-0.2, -0.15) is 5.10 Å². The number of amides is 1. The Hall–Kier alpha value is -3.33. The van der Waals surface area contributed by atoms with Gasteiger partial charge in [0.15, 0.2) is 22.1 Å². The number of aromatic nitrogens is 3. The lowest BCUT2D eigenvalue weighted by Crippen LogP contribution is -2.25. The average Bonchev–Trinajstić information content (AvgIpc) is 3.23. The molecule has 2 aromatic carbocycles. The highest BCUT2D eigenvalue weighted by Gasteiger charge is 2.20. The number of benzene rings is 2. The molecule has 0 bridgehead atoms. The van der Waals surface area contributed by atoms with Gasteiger partial charge in [0.2, 0.25) is 5.75 Å². The fraction of sp³-hybridized carbons (Fsp3) is 0.423. The Labute approximate surface area is 211 Å². The molecule has 0 aliphatic rings. The molecular weight excluding hydrogens is 464 g/mol. The van der Waals surface area contributed by atoms with Crippen LogP contribution in [0.1, 0.15) is 61.9 Å². The maximum Gasteiger partial charge on any atom is 0.251 e. The summed E-state index contributed by atoms with van der Waals surface area (Å²) in [5, 5.41) is 10.2. The molecule has 2 N–H and O–H groups in total. The minimum absolute atomic E-state index is 0.189. The van der Waals surface area contributed by atoms with Crippen LogP contribution in [0.25, 0.3) is 5.69 Å². The lowest BCUT2D eigenvalue weighted by atomic mass is 10.0. The van der Waals surface area contributed by atoms with Gasteiger partial charge in [-0.15, -0.1) is 0 Å². The number of aryl methyl sites for hydroxylation is 2. The SMILES string of the molecule is CCOc1cc(C(=O)NCc2n[nH]c(=S)n2-c2c(CC)cccc2CC)cc(OCC)c1OCC. The van der Waals surface area contributed by atoms with Gasteiger partial charge in [0.1, 0.15) is 0 Å². The number of H-pyrrole nitrogens is 1. The molecule has 1 amide bonds. The summed E-state index contributed by atoms with van der Waals surface area (Å²) in [5.41, 5.74) is 3.77. The van der Waals surface area contributed by atoms with E-state index in [0.29, 0.717) is 53.2 Å². The van der Waals surface area contributed by atoms with Crippen molar-refractivity contribution in [2.45, 2.75) is 54.0 Å². The molecule has 0 fully saturated rings. The summed E-state index contributed by atoms with van der Waals surface area (Å²) in [5.74, 6) is 1.78. The van der Waals surface area contributed by atoms with Gasteiger partial charge in [-0.25, -0.2) is 0 Å². The first-order valence-corrected chi connectivity index (χ1v) is 12.5. The zero-order valence-corrected chi connectivity index (χ0v) is 21.9. The van der Waals surface area contributed by atoms with Crippen molar-refractivity contribution < 1.29 is 19.0 Å². The topological polar surface area (TPSA) is 90.4 Å². The van der Waals surface area contributed by atoms with Crippen molar-refractivity contribution in [2.24, 2.45) is 0 Å². The van der Waals surface area contributed by atoms with Crippen LogP contribution in [0.5, 0.6) is 17.2 Å². The first-order valence-electron chi connectivity index (χ1n) is 12.1. The van der Waals surface area contributed by atoms with E-state index in [0.717, 1.165) is 18.5 Å². The zero-order chi connectivity index (χ0) is 25.4. The molecule has 0 saturated carbocycles. The Morgan fingerprint density at radius 2 is 1.54 bits per heavy atom. The van der Waals surface area contributed by atoms with E-state index in [9.17, 15) is 4.79 Å². The summed E-state index contributed by atoms with van der Waals surface area (Å²) in [7, 11) is 0. The van der Waals surface area contributed by atoms with Crippen molar-refractivity contribution in [2.75, 3.05) is 19.8 Å². The van der Waals surface area contributed by atoms with Crippen molar-refractivity contribution in [1.29, 1.82) is 0 Å². The van der Waals surface area contributed by atoms with Gasteiger partial charge in [-0.05, 0) is 69.1 Å². The van der Waals surface area contributed by atoms with Crippen molar-refractivity contribution in [3.8, 4) is 22.9 Å². The Kier molecular flexibility index (Phi) is 9.31. The summed E-state index contributed by atoms with van der Waals surface area (Å²) >= 11 is 5.56. The van der Waals surface area contributed by atoms with Crippen LogP contribution in [0.2, 0.25) is 0 Å². The van der Waals surface area contributed by atoms with Crippen LogP contribution in [0.15, 0.2) is 30.3 Å². The summed E-state index contributed by atoms with van der Waals surface area (Å²) in [4.78, 5) is 13.2. The Bertz CT molecular complexity index is 1170. The van der Waals surface area contributed by atoms with Crippen LogP contribution in [0.4, 0.5) is 0 Å². The van der Waals surface area contributed by atoms with Gasteiger partial charge in [-0.3, -0.25) is 14.5 Å². The van der Waals surface area contributed by atoms with Gasteiger partial charge < -0.3 is 19.5 Å². The third-order valence-corrected chi connectivity index (χ3v) is 5.78. The van der Waals surface area contributed by atoms with E-state index in [4.69, 9.17) is 26.4 Å². The third-order valence-electron chi connectivity index (χ3n) is 5.51. The van der Waals surface area contributed by atoms with Crippen LogP contribution in [0.3, 0.4) is 0 Å². The van der Waals surface area contributed by atoms with Gasteiger partial charge in [0.05, 0.1) is 32.1 Å². The van der Waals surface area contributed by atoms with Crippen LogP contribution >= 0.6 is 12.2 Å². The first kappa shape index (κ1) is 26.3. The van der Waals surface area contributed by atoms with Crippen molar-refractivity contribution in [3.63, 3.8) is 0 Å². The number of nitrogens with zero attached hydrogens (tertiary/aromatic N) is 2. The number of ether oxygens (including phenoxy) is 3. The normalized spacial score (nSPS) is 10.8. The monoisotopic (exact) mass is 498 g/mol. The molecule has 1 aromatic heterocycles. The third kappa shape index (κ3) is 5.85. The molecule has 0 aliphatic carbocycles. The molecule has 3 aromatic rings. The molecule has 35 heavy (non-hydrogen) atoms. The van der Waals surface area contributed by atoms with Crippen LogP contribution < -0.4 is 19.5 Å². The number of rotatable bonds is 12. The van der Waals surface area contributed by atoms with Crippen LogP contribution in [-0.4, -0.2) is 40.5 Å². The van der Waals surface area contributed by atoms with E-state index in [-0.39, 0.29) is 12.5 Å². The summed E-state index contributed by atoms with van der Waals surface area (Å²) < 4.78 is 19.6. The van der Waals surface area contributed by atoms with Gasteiger partial charge in [0, 0.05) is 5.56 Å². The number of aromatic amines is 1. The summed E-state index contributed by atoms with van der Waals surface area (Å²) in [6.07, 6.45) is 1.71. The standard InChI is InChI=1S/C26H34N4O4S/c1-6-17-12-11-13-18(7-2)23(17)30-22(28-29-26(30)35)16-27-25(31)19-14-20(32-8-3)24(34-10-5)21(15-19)33-9-4/h11-15H,6-10,16H2,1-5H3,(H,27,31)(H,29,35). The quantitative estimate of drug-likeness (QED) is 0.335. The summed E-state index contributed by atoms with van der Waals surface area (Å²) in [6.45, 7) is 11.4. The lowest BCUT2D eigenvalue weighted by molar-refractivity contribution is 0.0948. The van der Waals surface area contributed by atoms with Crippen molar-refractivity contribution in [3.05, 3.63) is 57.6 Å². The predicted octanol–water partition coefficient (Wildman–Crippen LogP) is 5.18. The molecule has 8 nitrogen and oxygen atoms in total. The molecule has 0 saturated heterocycles. The highest BCUT2D eigenvalue weighted by Crippen LogP contribution is 2.39.